The highest BCUT2D eigenvalue weighted by molar-refractivity contribution is 8.00. The zero-order valence-electron chi connectivity index (χ0n) is 19.9. The minimum absolute atomic E-state index is 0.0298. The van der Waals surface area contributed by atoms with Crippen molar-refractivity contribution >= 4 is 34.4 Å². The van der Waals surface area contributed by atoms with Crippen LogP contribution in [0.5, 0.6) is 0 Å². The Hall–Kier alpha value is -2.94. The lowest BCUT2D eigenvalue weighted by molar-refractivity contribution is -0.117. The van der Waals surface area contributed by atoms with Crippen LogP contribution < -0.4 is 16.1 Å². The van der Waals surface area contributed by atoms with Crippen LogP contribution in [0, 0.1) is 0 Å². The van der Waals surface area contributed by atoms with Crippen LogP contribution in [0.4, 0.5) is 5.69 Å². The number of hydrogen-bond donors (Lipinski definition) is 0. The molecule has 1 aliphatic rings. The summed E-state index contributed by atoms with van der Waals surface area (Å²) in [5.74, 6) is 0.488. The lowest BCUT2D eigenvalue weighted by Crippen LogP contribution is -2.40. The summed E-state index contributed by atoms with van der Waals surface area (Å²) < 4.78 is 2.42. The van der Waals surface area contributed by atoms with Crippen LogP contribution in [0.1, 0.15) is 45.5 Å². The molecular weight excluding hydrogens is 438 g/mol. The summed E-state index contributed by atoms with van der Waals surface area (Å²) in [6.07, 6.45) is 1.87. The van der Waals surface area contributed by atoms with Crippen LogP contribution in [0.25, 0.3) is 11.0 Å². The van der Waals surface area contributed by atoms with E-state index in [1.165, 1.54) is 28.9 Å². The van der Waals surface area contributed by atoms with Gasteiger partial charge in [-0.2, -0.15) is 0 Å². The first-order valence-corrected chi connectivity index (χ1v) is 11.9. The molecule has 0 N–H and O–H groups in total. The number of hydrogen-bond acceptors (Lipinski definition) is 6. The third-order valence-corrected chi connectivity index (χ3v) is 7.02. The Morgan fingerprint density at radius 1 is 1.09 bits per heavy atom. The smallest absolute Gasteiger partial charge is 0.311 e. The highest BCUT2D eigenvalue weighted by Crippen LogP contribution is 2.33. The van der Waals surface area contributed by atoms with Crippen molar-refractivity contribution in [2.24, 2.45) is 14.1 Å². The number of amides is 1. The molecule has 8 nitrogen and oxygen atoms in total. The van der Waals surface area contributed by atoms with E-state index >= 15 is 0 Å². The summed E-state index contributed by atoms with van der Waals surface area (Å²) in [4.78, 5) is 50.2. The summed E-state index contributed by atoms with van der Waals surface area (Å²) in [5.41, 5.74) is 1.09. The maximum Gasteiger partial charge on any atom is 0.332 e. The van der Waals surface area contributed by atoms with E-state index in [1.54, 1.807) is 7.05 Å². The van der Waals surface area contributed by atoms with E-state index in [4.69, 9.17) is 4.98 Å². The predicted molar refractivity (Wildman–Crippen MR) is 131 cm³/mol. The molecule has 174 valence electrons. The number of fused-ring (bicyclic) bond motifs is 2. The number of benzene rings is 1. The molecule has 2 aromatic heterocycles. The molecule has 0 spiro atoms. The number of aryl methyl sites for hydroxylation is 2. The van der Waals surface area contributed by atoms with Crippen LogP contribution >= 0.6 is 11.8 Å². The zero-order valence-corrected chi connectivity index (χ0v) is 20.7. The summed E-state index contributed by atoms with van der Waals surface area (Å²) >= 11 is 1.25. The molecule has 3 aromatic rings. The lowest BCUT2D eigenvalue weighted by atomic mass is 9.96. The van der Waals surface area contributed by atoms with Crippen LogP contribution in [0.2, 0.25) is 0 Å². The Morgan fingerprint density at radius 3 is 2.48 bits per heavy atom. The van der Waals surface area contributed by atoms with Gasteiger partial charge >= 0.3 is 5.69 Å². The molecule has 0 fully saturated rings. The van der Waals surface area contributed by atoms with Gasteiger partial charge in [0.15, 0.2) is 5.65 Å². The summed E-state index contributed by atoms with van der Waals surface area (Å²) in [5, 5.41) is 0.201. The number of carbonyl (C=O) groups is 1. The fourth-order valence-electron chi connectivity index (χ4n) is 4.05. The highest BCUT2D eigenvalue weighted by atomic mass is 32.2. The molecule has 3 heterocycles. The molecule has 33 heavy (non-hydrogen) atoms. The van der Waals surface area contributed by atoms with E-state index in [2.05, 4.69) is 11.1 Å². The summed E-state index contributed by atoms with van der Waals surface area (Å²) in [7, 11) is 3.03. The van der Waals surface area contributed by atoms with Gasteiger partial charge < -0.3 is 4.90 Å². The van der Waals surface area contributed by atoms with Crippen LogP contribution in [0.15, 0.2) is 38.9 Å². The van der Waals surface area contributed by atoms with Crippen molar-refractivity contribution in [1.29, 1.82) is 0 Å². The van der Waals surface area contributed by atoms with E-state index in [1.807, 2.05) is 50.8 Å². The molecule has 0 bridgehead atoms. The second kappa shape index (κ2) is 8.44. The van der Waals surface area contributed by atoms with Gasteiger partial charge in [-0.25, -0.2) is 14.8 Å². The van der Waals surface area contributed by atoms with Crippen molar-refractivity contribution in [3.05, 3.63) is 56.5 Å². The zero-order chi connectivity index (χ0) is 24.1. The molecule has 9 heteroatoms. The number of aromatic nitrogens is 4. The van der Waals surface area contributed by atoms with Gasteiger partial charge in [0, 0.05) is 31.7 Å². The normalized spacial score (nSPS) is 14.9. The fraction of sp³-hybridized carbons (Fsp3) is 0.458. The number of para-hydroxylation sites is 1. The first kappa shape index (κ1) is 23.2. The first-order valence-electron chi connectivity index (χ1n) is 11.0. The monoisotopic (exact) mass is 467 g/mol. The second-order valence-corrected chi connectivity index (χ2v) is 10.8. The fourth-order valence-corrected chi connectivity index (χ4v) is 5.05. The van der Waals surface area contributed by atoms with Gasteiger partial charge in [0.05, 0.1) is 5.25 Å². The standard InChI is InChI=1S/C24H29N5O3S/c1-14(20(30)29-13-9-11-15-10-7-8-12-16(15)29)33-19-17-18(25-22(26-19)24(2,3)4)27(5)23(32)28(6)21(17)31/h7-8,10,12,14H,9,11,13H2,1-6H3. The first-order chi connectivity index (χ1) is 15.5. The largest absolute Gasteiger partial charge is 0.332 e. The Bertz CT molecular complexity index is 1370. The Morgan fingerprint density at radius 2 is 1.79 bits per heavy atom. The SMILES string of the molecule is CC(Sc1nc(C(C)(C)C)nc2c1c(=O)n(C)c(=O)n2C)C(=O)N1CCCc2ccccc21. The number of carbonyl (C=O) groups excluding carboxylic acids is 1. The maximum absolute atomic E-state index is 13.5. The Labute approximate surface area is 196 Å². The molecular formula is C24H29N5O3S. The molecule has 0 aliphatic carbocycles. The van der Waals surface area contributed by atoms with Crippen LogP contribution in [-0.4, -0.2) is 36.8 Å². The topological polar surface area (TPSA) is 90.1 Å². The minimum atomic E-state index is -0.482. The average molecular weight is 468 g/mol. The highest BCUT2D eigenvalue weighted by Gasteiger charge is 2.30. The van der Waals surface area contributed by atoms with Crippen molar-refractivity contribution in [3.63, 3.8) is 0 Å². The average Bonchev–Trinajstić information content (AvgIpc) is 2.79. The number of nitrogens with zero attached hydrogens (tertiary/aromatic N) is 5. The molecule has 1 unspecified atom stereocenters. The van der Waals surface area contributed by atoms with Gasteiger partial charge in [0.1, 0.15) is 16.2 Å². The third kappa shape index (κ3) is 4.10. The van der Waals surface area contributed by atoms with Gasteiger partial charge in [0.2, 0.25) is 5.91 Å². The van der Waals surface area contributed by atoms with Gasteiger partial charge in [-0.15, -0.1) is 0 Å². The minimum Gasteiger partial charge on any atom is -0.311 e. The van der Waals surface area contributed by atoms with Crippen molar-refractivity contribution < 1.29 is 4.79 Å². The molecule has 1 aromatic carbocycles. The predicted octanol–water partition coefficient (Wildman–Crippen LogP) is 2.78. The van der Waals surface area contributed by atoms with E-state index in [0.29, 0.717) is 17.4 Å². The van der Waals surface area contributed by atoms with Gasteiger partial charge in [-0.3, -0.25) is 18.7 Å². The van der Waals surface area contributed by atoms with Crippen molar-refractivity contribution in [2.45, 2.75) is 56.2 Å². The van der Waals surface area contributed by atoms with Crippen molar-refractivity contribution in [2.75, 3.05) is 11.4 Å². The van der Waals surface area contributed by atoms with E-state index in [9.17, 15) is 14.4 Å². The quantitative estimate of drug-likeness (QED) is 0.435. The number of thioether (sulfide) groups is 1. The maximum atomic E-state index is 13.5. The number of anilines is 1. The molecule has 1 aliphatic heterocycles. The lowest BCUT2D eigenvalue weighted by Gasteiger charge is -2.31. The van der Waals surface area contributed by atoms with Gasteiger partial charge in [-0.1, -0.05) is 50.7 Å². The Balaban J connectivity index is 1.81. The van der Waals surface area contributed by atoms with Gasteiger partial charge in [-0.05, 0) is 31.4 Å². The van der Waals surface area contributed by atoms with Crippen LogP contribution in [-0.2, 0) is 30.7 Å². The summed E-state index contributed by atoms with van der Waals surface area (Å²) in [6.45, 7) is 8.42. The summed E-state index contributed by atoms with van der Waals surface area (Å²) in [6, 6.07) is 7.98. The molecule has 0 saturated heterocycles. The Kier molecular flexibility index (Phi) is 5.94. The second-order valence-electron chi connectivity index (χ2n) is 9.49. The molecule has 0 saturated carbocycles. The van der Waals surface area contributed by atoms with E-state index in [0.717, 1.165) is 23.1 Å². The molecule has 1 amide bonds. The third-order valence-electron chi connectivity index (χ3n) is 5.95. The van der Waals surface area contributed by atoms with E-state index in [-0.39, 0.29) is 16.9 Å². The number of rotatable bonds is 3. The molecule has 4 rings (SSSR count). The van der Waals surface area contributed by atoms with Gasteiger partial charge in [0.25, 0.3) is 5.56 Å². The van der Waals surface area contributed by atoms with Crippen molar-refractivity contribution in [1.82, 2.24) is 19.1 Å². The van der Waals surface area contributed by atoms with Crippen LogP contribution in [0.3, 0.4) is 0 Å². The molecule has 1 atom stereocenters. The molecule has 0 radical (unpaired) electrons. The van der Waals surface area contributed by atoms with E-state index < -0.39 is 21.9 Å². The van der Waals surface area contributed by atoms with Crippen molar-refractivity contribution in [3.8, 4) is 0 Å².